The number of carbonyl (C=O) groups excluding carboxylic acids is 1. The molecule has 1 aromatic rings. The molecule has 0 saturated carbocycles. The molecule has 0 bridgehead atoms. The van der Waals surface area contributed by atoms with Gasteiger partial charge < -0.3 is 0 Å². The zero-order chi connectivity index (χ0) is 9.68. The molecule has 68 valence electrons. The predicted octanol–water partition coefficient (Wildman–Crippen LogP) is 2.58. The van der Waals surface area contributed by atoms with Gasteiger partial charge in [-0.2, -0.15) is 12.6 Å². The Morgan fingerprint density at radius 1 is 1.46 bits per heavy atom. The highest BCUT2D eigenvalue weighted by atomic mass is 32.1. The molecule has 3 heteroatoms. The van der Waals surface area contributed by atoms with Crippen molar-refractivity contribution in [2.24, 2.45) is 0 Å². The summed E-state index contributed by atoms with van der Waals surface area (Å²) in [5.41, 5.74) is 0.685. The van der Waals surface area contributed by atoms with Crippen molar-refractivity contribution < 1.29 is 9.18 Å². The van der Waals surface area contributed by atoms with Crippen molar-refractivity contribution in [3.05, 3.63) is 41.2 Å². The molecule has 0 radical (unpaired) electrons. The Morgan fingerprint density at radius 3 is 2.85 bits per heavy atom. The van der Waals surface area contributed by atoms with E-state index in [1.54, 1.807) is 18.2 Å². The van der Waals surface area contributed by atoms with E-state index < -0.39 is 0 Å². The van der Waals surface area contributed by atoms with Crippen LogP contribution in [0.25, 0.3) is 6.08 Å². The van der Waals surface area contributed by atoms with Crippen molar-refractivity contribution >= 4 is 25.0 Å². The molecule has 0 fully saturated rings. The van der Waals surface area contributed by atoms with Crippen molar-refractivity contribution in [3.8, 4) is 0 Å². The molecule has 0 amide bonds. The van der Waals surface area contributed by atoms with E-state index in [4.69, 9.17) is 0 Å². The van der Waals surface area contributed by atoms with Crippen molar-refractivity contribution in [1.29, 1.82) is 0 Å². The summed E-state index contributed by atoms with van der Waals surface area (Å²) in [6, 6.07) is 4.41. The highest BCUT2D eigenvalue weighted by Gasteiger charge is 2.02. The van der Waals surface area contributed by atoms with Crippen LogP contribution in [0.2, 0.25) is 0 Å². The number of hydrogen-bond donors (Lipinski definition) is 1. The van der Waals surface area contributed by atoms with Crippen LogP contribution in [0.4, 0.5) is 4.39 Å². The Labute approximate surface area is 81.7 Å². The minimum Gasteiger partial charge on any atom is -0.298 e. The lowest BCUT2D eigenvalue weighted by Gasteiger charge is -1.99. The summed E-state index contributed by atoms with van der Waals surface area (Å²) < 4.78 is 13.1. The Hall–Kier alpha value is -1.09. The summed E-state index contributed by atoms with van der Waals surface area (Å²) in [5.74, 6) is 0.134. The first-order valence-corrected chi connectivity index (χ1v) is 4.44. The summed E-state index contributed by atoms with van der Waals surface area (Å²) in [6.45, 7) is 0. The molecule has 0 heterocycles. The number of halogens is 1. The summed E-state index contributed by atoms with van der Waals surface area (Å²) in [4.78, 5) is 10.5. The van der Waals surface area contributed by atoms with Gasteiger partial charge in [0.25, 0.3) is 0 Å². The van der Waals surface area contributed by atoms with Crippen LogP contribution in [0, 0.1) is 5.82 Å². The molecule has 0 unspecified atom stereocenters. The topological polar surface area (TPSA) is 17.1 Å². The Balaban J connectivity index is 3.14. The third kappa shape index (κ3) is 2.42. The third-order valence-electron chi connectivity index (χ3n) is 1.60. The number of thiol groups is 1. The predicted molar refractivity (Wildman–Crippen MR) is 54.7 cm³/mol. The number of carbonyl (C=O) groups is 1. The second kappa shape index (κ2) is 4.82. The van der Waals surface area contributed by atoms with Crippen molar-refractivity contribution in [1.82, 2.24) is 0 Å². The van der Waals surface area contributed by atoms with Crippen LogP contribution in [0.1, 0.15) is 15.9 Å². The van der Waals surface area contributed by atoms with Crippen LogP contribution in [0.3, 0.4) is 0 Å². The Morgan fingerprint density at radius 2 is 2.23 bits per heavy atom. The SMILES string of the molecule is O=Cc1cccc(F)c1C=CCS. The average Bonchev–Trinajstić information content (AvgIpc) is 2.15. The van der Waals surface area contributed by atoms with Gasteiger partial charge in [-0.1, -0.05) is 24.3 Å². The molecular formula is C10H9FOS. The van der Waals surface area contributed by atoms with Crippen molar-refractivity contribution in [2.45, 2.75) is 0 Å². The summed E-state index contributed by atoms with van der Waals surface area (Å²) in [6.07, 6.45) is 3.89. The molecular weight excluding hydrogens is 187 g/mol. The lowest BCUT2D eigenvalue weighted by molar-refractivity contribution is 0.112. The van der Waals surface area contributed by atoms with E-state index in [0.717, 1.165) is 0 Å². The van der Waals surface area contributed by atoms with Crippen molar-refractivity contribution in [2.75, 3.05) is 5.75 Å². The van der Waals surface area contributed by atoms with Crippen LogP contribution >= 0.6 is 12.6 Å². The summed E-state index contributed by atoms with van der Waals surface area (Å²) in [7, 11) is 0. The van der Waals surface area contributed by atoms with E-state index in [1.165, 1.54) is 12.1 Å². The minimum atomic E-state index is -0.386. The number of benzene rings is 1. The zero-order valence-corrected chi connectivity index (χ0v) is 7.80. The molecule has 0 aliphatic carbocycles. The van der Waals surface area contributed by atoms with Crippen LogP contribution in [0.15, 0.2) is 24.3 Å². The molecule has 1 aromatic carbocycles. The second-order valence-corrected chi connectivity index (χ2v) is 2.81. The summed E-state index contributed by atoms with van der Waals surface area (Å²) in [5, 5.41) is 0. The van der Waals surface area contributed by atoms with Gasteiger partial charge in [-0.15, -0.1) is 0 Å². The maximum Gasteiger partial charge on any atom is 0.150 e. The fourth-order valence-electron chi connectivity index (χ4n) is 1.00. The normalized spacial score (nSPS) is 10.6. The Bertz CT molecular complexity index is 334. The average molecular weight is 196 g/mol. The zero-order valence-electron chi connectivity index (χ0n) is 6.90. The van der Waals surface area contributed by atoms with Gasteiger partial charge in [-0.05, 0) is 6.07 Å². The van der Waals surface area contributed by atoms with Gasteiger partial charge in [0.2, 0.25) is 0 Å². The quantitative estimate of drug-likeness (QED) is 0.581. The van der Waals surface area contributed by atoms with E-state index in [9.17, 15) is 9.18 Å². The first-order valence-electron chi connectivity index (χ1n) is 3.80. The first-order chi connectivity index (χ1) is 6.29. The van der Waals surface area contributed by atoms with Gasteiger partial charge in [-0.3, -0.25) is 4.79 Å². The van der Waals surface area contributed by atoms with Crippen LogP contribution in [-0.2, 0) is 0 Å². The lowest BCUT2D eigenvalue weighted by atomic mass is 10.1. The molecule has 0 saturated heterocycles. The highest BCUT2D eigenvalue weighted by Crippen LogP contribution is 2.13. The smallest absolute Gasteiger partial charge is 0.150 e. The third-order valence-corrected chi connectivity index (χ3v) is 1.81. The molecule has 13 heavy (non-hydrogen) atoms. The van der Waals surface area contributed by atoms with Gasteiger partial charge in [0.15, 0.2) is 6.29 Å². The van der Waals surface area contributed by atoms with Gasteiger partial charge in [-0.25, -0.2) is 4.39 Å². The number of rotatable bonds is 3. The largest absolute Gasteiger partial charge is 0.298 e. The lowest BCUT2D eigenvalue weighted by Crippen LogP contribution is -1.90. The van der Waals surface area contributed by atoms with Crippen molar-refractivity contribution in [3.63, 3.8) is 0 Å². The fraction of sp³-hybridized carbons (Fsp3) is 0.100. The molecule has 0 spiro atoms. The summed E-state index contributed by atoms with van der Waals surface area (Å²) >= 11 is 3.95. The highest BCUT2D eigenvalue weighted by molar-refractivity contribution is 7.80. The van der Waals surface area contributed by atoms with E-state index >= 15 is 0 Å². The van der Waals surface area contributed by atoms with Gasteiger partial charge >= 0.3 is 0 Å². The van der Waals surface area contributed by atoms with Gasteiger partial charge in [0, 0.05) is 16.9 Å². The molecule has 0 aliphatic rings. The van der Waals surface area contributed by atoms with Gasteiger partial charge in [0.1, 0.15) is 5.82 Å². The second-order valence-electron chi connectivity index (χ2n) is 2.45. The molecule has 0 aromatic heterocycles. The van der Waals surface area contributed by atoms with Crippen LogP contribution in [0.5, 0.6) is 0 Å². The number of aldehydes is 1. The van der Waals surface area contributed by atoms with Gasteiger partial charge in [0.05, 0.1) is 0 Å². The van der Waals surface area contributed by atoms with E-state index in [2.05, 4.69) is 12.6 Å². The maximum absolute atomic E-state index is 13.1. The van der Waals surface area contributed by atoms with E-state index in [0.29, 0.717) is 23.2 Å². The monoisotopic (exact) mass is 196 g/mol. The molecule has 1 nitrogen and oxygen atoms in total. The molecule has 0 N–H and O–H groups in total. The molecule has 1 rings (SSSR count). The van der Waals surface area contributed by atoms with E-state index in [-0.39, 0.29) is 5.82 Å². The molecule has 0 aliphatic heterocycles. The maximum atomic E-state index is 13.1. The first kappa shape index (κ1) is 9.99. The van der Waals surface area contributed by atoms with Crippen LogP contribution in [-0.4, -0.2) is 12.0 Å². The molecule has 0 atom stereocenters. The standard InChI is InChI=1S/C10H9FOS/c11-10-5-1-3-8(7-12)9(10)4-2-6-13/h1-5,7,13H,6H2. The van der Waals surface area contributed by atoms with E-state index in [1.807, 2.05) is 0 Å². The fourth-order valence-corrected chi connectivity index (χ4v) is 1.11. The van der Waals surface area contributed by atoms with Crippen LogP contribution < -0.4 is 0 Å². The Kier molecular flexibility index (Phi) is 3.71. The minimum absolute atomic E-state index is 0.326. The number of hydrogen-bond acceptors (Lipinski definition) is 2.